The van der Waals surface area contributed by atoms with E-state index in [4.69, 9.17) is 0 Å². The van der Waals surface area contributed by atoms with Gasteiger partial charge in [-0.3, -0.25) is 0 Å². The van der Waals surface area contributed by atoms with Crippen molar-refractivity contribution in [3.05, 3.63) is 12.2 Å². The van der Waals surface area contributed by atoms with Gasteiger partial charge >= 0.3 is 0 Å². The van der Waals surface area contributed by atoms with E-state index in [9.17, 15) is 0 Å². The Labute approximate surface area is 53.9 Å². The minimum atomic E-state index is 0.581. The predicted octanol–water partition coefficient (Wildman–Crippen LogP) is 2.08. The number of hydrogen-bond donors (Lipinski definition) is 0. The molecule has 0 heterocycles. The van der Waals surface area contributed by atoms with Gasteiger partial charge in [0.05, 0.1) is 0 Å². The first-order valence-corrected chi connectivity index (χ1v) is 3.60. The minimum Gasteiger partial charge on any atom is -0.0830 e. The summed E-state index contributed by atoms with van der Waals surface area (Å²) in [5, 5.41) is 0. The summed E-state index contributed by atoms with van der Waals surface area (Å²) in [5.74, 6) is 0. The van der Waals surface area contributed by atoms with E-state index < -0.39 is 0 Å². The first kappa shape index (κ1) is 4.85. The van der Waals surface area contributed by atoms with Crippen LogP contribution >= 0.6 is 31.9 Å². The Bertz CT molecular complexity index is 67.6. The Morgan fingerprint density at radius 1 is 1.00 bits per heavy atom. The monoisotopic (exact) mass is 210 g/mol. The molecular weight excluding hydrogens is 208 g/mol. The molecule has 6 heavy (non-hydrogen) atoms. The van der Waals surface area contributed by atoms with Crippen LogP contribution in [0.2, 0.25) is 0 Å². The summed E-state index contributed by atoms with van der Waals surface area (Å²) in [6.45, 7) is 0. The van der Waals surface area contributed by atoms with Gasteiger partial charge in [0.25, 0.3) is 0 Å². The molecule has 0 aromatic heterocycles. The molecule has 0 radical (unpaired) electrons. The molecule has 1 aliphatic carbocycles. The lowest BCUT2D eigenvalue weighted by molar-refractivity contribution is 1.04. The van der Waals surface area contributed by atoms with Crippen LogP contribution in [-0.4, -0.2) is 9.65 Å². The number of halogens is 2. The molecule has 2 heteroatoms. The van der Waals surface area contributed by atoms with Gasteiger partial charge < -0.3 is 0 Å². The van der Waals surface area contributed by atoms with Crippen LogP contribution in [0.25, 0.3) is 0 Å². The van der Waals surface area contributed by atoms with E-state index in [2.05, 4.69) is 44.0 Å². The van der Waals surface area contributed by atoms with Crippen molar-refractivity contribution in [2.75, 3.05) is 0 Å². The van der Waals surface area contributed by atoms with E-state index in [0.717, 1.165) is 0 Å². The Hall–Kier alpha value is 0.700. The molecule has 2 unspecified atom stereocenters. The average Bonchev–Trinajstić information content (AvgIpc) is 1.61. The maximum absolute atomic E-state index is 3.39. The van der Waals surface area contributed by atoms with Gasteiger partial charge in [0.2, 0.25) is 0 Å². The second-order valence-electron chi connectivity index (χ2n) is 1.27. The van der Waals surface area contributed by atoms with Gasteiger partial charge in [-0.05, 0) is 0 Å². The molecule has 0 nitrogen and oxygen atoms in total. The van der Waals surface area contributed by atoms with Crippen molar-refractivity contribution in [3.8, 4) is 0 Å². The predicted molar refractivity (Wildman–Crippen MR) is 34.6 cm³/mol. The molecule has 0 aliphatic heterocycles. The Balaban J connectivity index is 2.45. The van der Waals surface area contributed by atoms with Gasteiger partial charge in [-0.15, -0.1) is 0 Å². The fourth-order valence-corrected chi connectivity index (χ4v) is 0.984. The highest BCUT2D eigenvalue weighted by Gasteiger charge is 2.16. The number of allylic oxidation sites excluding steroid dienone is 2. The second-order valence-corrected chi connectivity index (χ2v) is 3.39. The molecule has 0 saturated carbocycles. The van der Waals surface area contributed by atoms with Gasteiger partial charge in [-0.2, -0.15) is 0 Å². The van der Waals surface area contributed by atoms with E-state index in [1.807, 2.05) is 0 Å². The summed E-state index contributed by atoms with van der Waals surface area (Å²) in [6, 6.07) is 0. The topological polar surface area (TPSA) is 0 Å². The summed E-state index contributed by atoms with van der Waals surface area (Å²) < 4.78 is 0. The van der Waals surface area contributed by atoms with Crippen LogP contribution in [0, 0.1) is 0 Å². The fourth-order valence-electron chi connectivity index (χ4n) is 0.279. The molecule has 2 atom stereocenters. The first-order valence-electron chi connectivity index (χ1n) is 1.77. The van der Waals surface area contributed by atoms with Crippen LogP contribution in [0.4, 0.5) is 0 Å². The van der Waals surface area contributed by atoms with Crippen LogP contribution in [0.3, 0.4) is 0 Å². The summed E-state index contributed by atoms with van der Waals surface area (Å²) in [5.41, 5.74) is 0. The van der Waals surface area contributed by atoms with Crippen LogP contribution in [-0.2, 0) is 0 Å². The molecule has 0 spiro atoms. The smallest absolute Gasteiger partial charge is 0.0486 e. The highest BCUT2D eigenvalue weighted by Crippen LogP contribution is 2.24. The molecule has 0 amide bonds. The standard InChI is InChI=1S/C4H4Br2/c5-3-1-2-4(3)6/h1-4H. The molecule has 1 aliphatic rings. The third-order valence-electron chi connectivity index (χ3n) is 0.783. The molecule has 1 rings (SSSR count). The van der Waals surface area contributed by atoms with Gasteiger partial charge in [0, 0.05) is 9.65 Å². The van der Waals surface area contributed by atoms with Crippen LogP contribution in [0.5, 0.6) is 0 Å². The van der Waals surface area contributed by atoms with Crippen molar-refractivity contribution in [2.24, 2.45) is 0 Å². The number of rotatable bonds is 0. The Kier molecular flexibility index (Phi) is 1.34. The Morgan fingerprint density at radius 2 is 1.33 bits per heavy atom. The van der Waals surface area contributed by atoms with Crippen LogP contribution < -0.4 is 0 Å². The average molecular weight is 212 g/mol. The van der Waals surface area contributed by atoms with Crippen molar-refractivity contribution < 1.29 is 0 Å². The van der Waals surface area contributed by atoms with E-state index in [1.54, 1.807) is 0 Å². The maximum Gasteiger partial charge on any atom is 0.0486 e. The van der Waals surface area contributed by atoms with Crippen molar-refractivity contribution >= 4 is 31.9 Å². The lowest BCUT2D eigenvalue weighted by atomic mass is 10.1. The lowest BCUT2D eigenvalue weighted by Crippen LogP contribution is -2.16. The zero-order chi connectivity index (χ0) is 4.57. The highest BCUT2D eigenvalue weighted by atomic mass is 79.9. The van der Waals surface area contributed by atoms with Crippen molar-refractivity contribution in [1.82, 2.24) is 0 Å². The molecule has 0 bridgehead atoms. The van der Waals surface area contributed by atoms with Crippen molar-refractivity contribution in [1.29, 1.82) is 0 Å². The molecule has 34 valence electrons. The van der Waals surface area contributed by atoms with Crippen molar-refractivity contribution in [2.45, 2.75) is 9.65 Å². The summed E-state index contributed by atoms with van der Waals surface area (Å²) >= 11 is 6.78. The highest BCUT2D eigenvalue weighted by molar-refractivity contribution is 9.12. The van der Waals surface area contributed by atoms with E-state index in [1.165, 1.54) is 0 Å². The third kappa shape index (κ3) is 0.684. The lowest BCUT2D eigenvalue weighted by Gasteiger charge is -2.16. The zero-order valence-corrected chi connectivity index (χ0v) is 6.24. The zero-order valence-electron chi connectivity index (χ0n) is 3.07. The fraction of sp³-hybridized carbons (Fsp3) is 0.500. The van der Waals surface area contributed by atoms with E-state index >= 15 is 0 Å². The SMILES string of the molecule is BrC1C=CC1Br. The van der Waals surface area contributed by atoms with Crippen LogP contribution in [0.1, 0.15) is 0 Å². The minimum absolute atomic E-state index is 0.581. The summed E-state index contributed by atoms with van der Waals surface area (Å²) in [7, 11) is 0. The molecule has 0 aromatic rings. The van der Waals surface area contributed by atoms with Crippen molar-refractivity contribution in [3.63, 3.8) is 0 Å². The number of hydrogen-bond acceptors (Lipinski definition) is 0. The van der Waals surface area contributed by atoms with Gasteiger partial charge in [0.1, 0.15) is 0 Å². The normalized spacial score (nSPS) is 42.3. The molecule has 0 saturated heterocycles. The molecular formula is C4H4Br2. The summed E-state index contributed by atoms with van der Waals surface area (Å²) in [6.07, 6.45) is 4.22. The quantitative estimate of drug-likeness (QED) is 0.425. The van der Waals surface area contributed by atoms with Gasteiger partial charge in [-0.25, -0.2) is 0 Å². The van der Waals surface area contributed by atoms with E-state index in [0.29, 0.717) is 9.65 Å². The maximum atomic E-state index is 3.39. The molecule has 0 N–H and O–H groups in total. The van der Waals surface area contributed by atoms with Gasteiger partial charge in [-0.1, -0.05) is 44.0 Å². The van der Waals surface area contributed by atoms with Gasteiger partial charge in [0.15, 0.2) is 0 Å². The third-order valence-corrected chi connectivity index (χ3v) is 3.24. The molecule has 0 aromatic carbocycles. The Morgan fingerprint density at radius 3 is 1.33 bits per heavy atom. The first-order chi connectivity index (χ1) is 2.80. The van der Waals surface area contributed by atoms with Crippen LogP contribution in [0.15, 0.2) is 12.2 Å². The second kappa shape index (κ2) is 1.66. The molecule has 0 fully saturated rings. The largest absolute Gasteiger partial charge is 0.0830 e. The van der Waals surface area contributed by atoms with E-state index in [-0.39, 0.29) is 0 Å². The number of alkyl halides is 2. The summed E-state index contributed by atoms with van der Waals surface area (Å²) in [4.78, 5) is 1.16.